The largest absolute Gasteiger partial charge is 0.383 e. The van der Waals surface area contributed by atoms with E-state index in [0.29, 0.717) is 11.4 Å². The van der Waals surface area contributed by atoms with Crippen molar-refractivity contribution in [1.29, 1.82) is 0 Å². The van der Waals surface area contributed by atoms with Gasteiger partial charge in [0.1, 0.15) is 24.0 Å². The maximum atomic E-state index is 6.51. The second kappa shape index (κ2) is 7.23. The van der Waals surface area contributed by atoms with Gasteiger partial charge < -0.3 is 19.9 Å². The van der Waals surface area contributed by atoms with Crippen molar-refractivity contribution in [3.63, 3.8) is 0 Å². The van der Waals surface area contributed by atoms with E-state index in [2.05, 4.69) is 47.3 Å². The number of nitrogens with two attached hydrogens (primary N) is 1. The van der Waals surface area contributed by atoms with Crippen LogP contribution in [0.15, 0.2) is 17.0 Å². The highest BCUT2D eigenvalue weighted by Crippen LogP contribution is 2.41. The normalized spacial score (nSPS) is 28.6. The van der Waals surface area contributed by atoms with Gasteiger partial charge in [0.25, 0.3) is 0 Å². The number of fused-ring (bicyclic) bond motifs is 1. The maximum Gasteiger partial charge on any atom is 0.148 e. The number of piperidine rings is 1. The minimum absolute atomic E-state index is 0.0177. The van der Waals surface area contributed by atoms with Crippen molar-refractivity contribution in [3.05, 3.63) is 17.0 Å². The summed E-state index contributed by atoms with van der Waals surface area (Å²) in [5, 5.41) is 0.874. The van der Waals surface area contributed by atoms with Gasteiger partial charge in [-0.15, -0.1) is 0 Å². The predicted molar refractivity (Wildman–Crippen MR) is 113 cm³/mol. The van der Waals surface area contributed by atoms with E-state index < -0.39 is 0 Å². The molecule has 3 aliphatic rings. The van der Waals surface area contributed by atoms with Gasteiger partial charge >= 0.3 is 0 Å². The average molecular weight is 449 g/mol. The fourth-order valence-electron chi connectivity index (χ4n) is 5.43. The van der Waals surface area contributed by atoms with Crippen LogP contribution in [0.3, 0.4) is 0 Å². The van der Waals surface area contributed by atoms with Crippen LogP contribution in [0.2, 0.25) is 0 Å². The van der Waals surface area contributed by atoms with Crippen molar-refractivity contribution >= 4 is 32.8 Å². The molecule has 0 saturated carbocycles. The highest BCUT2D eigenvalue weighted by atomic mass is 79.9. The van der Waals surface area contributed by atoms with Crippen LogP contribution in [0.4, 0.5) is 5.82 Å². The number of likely N-dealkylation sites (tertiary alicyclic amines) is 2. The van der Waals surface area contributed by atoms with E-state index in [1.165, 1.54) is 51.6 Å². The first-order valence-electron chi connectivity index (χ1n) is 10.4. The van der Waals surface area contributed by atoms with Crippen molar-refractivity contribution in [2.45, 2.75) is 56.4 Å². The summed E-state index contributed by atoms with van der Waals surface area (Å²) in [6.07, 6.45) is 11.2. The first kappa shape index (κ1) is 18.8. The molecule has 3 aliphatic heterocycles. The SMILES string of the molecule is CN1CCC2(CCCN2CC2CCC(n3cc(Br)c4c(N)ncnc43)O2)CC1. The van der Waals surface area contributed by atoms with Crippen molar-refractivity contribution < 1.29 is 4.74 Å². The van der Waals surface area contributed by atoms with Gasteiger partial charge in [0.2, 0.25) is 0 Å². The Kier molecular flexibility index (Phi) is 4.85. The van der Waals surface area contributed by atoms with E-state index in [4.69, 9.17) is 10.5 Å². The molecule has 5 heterocycles. The summed E-state index contributed by atoms with van der Waals surface area (Å²) >= 11 is 3.61. The molecule has 5 rings (SSSR count). The van der Waals surface area contributed by atoms with E-state index in [0.717, 1.165) is 34.9 Å². The number of nitrogens with zero attached hydrogens (tertiary/aromatic N) is 5. The molecule has 2 N–H and O–H groups in total. The summed E-state index contributed by atoms with van der Waals surface area (Å²) in [4.78, 5) is 13.8. The molecule has 3 saturated heterocycles. The van der Waals surface area contributed by atoms with Gasteiger partial charge in [0.15, 0.2) is 0 Å². The number of nitrogen functional groups attached to an aromatic ring is 1. The van der Waals surface area contributed by atoms with Gasteiger partial charge in [-0.05, 0) is 81.1 Å². The van der Waals surface area contributed by atoms with Crippen LogP contribution in [0, 0.1) is 0 Å². The molecule has 0 aromatic carbocycles. The van der Waals surface area contributed by atoms with Gasteiger partial charge in [-0.2, -0.15) is 0 Å². The van der Waals surface area contributed by atoms with Gasteiger partial charge in [-0.1, -0.05) is 0 Å². The molecule has 28 heavy (non-hydrogen) atoms. The summed E-state index contributed by atoms with van der Waals surface area (Å²) in [5.41, 5.74) is 7.31. The van der Waals surface area contributed by atoms with E-state index in [-0.39, 0.29) is 12.3 Å². The van der Waals surface area contributed by atoms with Crippen molar-refractivity contribution in [2.24, 2.45) is 0 Å². The Morgan fingerprint density at radius 3 is 2.86 bits per heavy atom. The Bertz CT molecular complexity index is 862. The zero-order valence-electron chi connectivity index (χ0n) is 16.5. The average Bonchev–Trinajstić information content (AvgIpc) is 3.38. The summed E-state index contributed by atoms with van der Waals surface area (Å²) in [6, 6.07) is 0. The van der Waals surface area contributed by atoms with Crippen molar-refractivity contribution in [3.8, 4) is 0 Å². The summed E-state index contributed by atoms with van der Waals surface area (Å²) in [6.45, 7) is 4.71. The molecule has 8 heteroatoms. The second-order valence-corrected chi connectivity index (χ2v) is 9.56. The lowest BCUT2D eigenvalue weighted by Crippen LogP contribution is -2.53. The molecule has 0 aliphatic carbocycles. The number of rotatable bonds is 3. The second-order valence-electron chi connectivity index (χ2n) is 8.71. The van der Waals surface area contributed by atoms with Gasteiger partial charge in [-0.25, -0.2) is 9.97 Å². The molecular formula is C20H29BrN6O. The Hall–Kier alpha value is -1.22. The predicted octanol–water partition coefficient (Wildman–Crippen LogP) is 3.01. The van der Waals surface area contributed by atoms with Crippen LogP contribution in [0.25, 0.3) is 11.0 Å². The van der Waals surface area contributed by atoms with Crippen LogP contribution in [0.1, 0.15) is 44.8 Å². The molecule has 0 bridgehead atoms. The standard InChI is InChI=1S/C20H29BrN6O/c1-25-9-6-20(7-10-25)5-2-8-26(20)11-14-3-4-16(28-14)27-12-15(21)17-18(22)23-13-24-19(17)27/h12-14,16H,2-11H2,1H3,(H2,22,23,24). The van der Waals surface area contributed by atoms with E-state index >= 15 is 0 Å². The van der Waals surface area contributed by atoms with E-state index in [9.17, 15) is 0 Å². The first-order chi connectivity index (χ1) is 13.6. The molecule has 2 unspecified atom stereocenters. The topological polar surface area (TPSA) is 72.4 Å². The molecule has 1 spiro atoms. The van der Waals surface area contributed by atoms with Gasteiger partial charge in [0, 0.05) is 22.8 Å². The molecular weight excluding hydrogens is 420 g/mol. The summed E-state index contributed by atoms with van der Waals surface area (Å²) < 4.78 is 9.56. The molecule has 2 atom stereocenters. The lowest BCUT2D eigenvalue weighted by atomic mass is 9.85. The number of hydrogen-bond donors (Lipinski definition) is 1. The fourth-order valence-corrected chi connectivity index (χ4v) is 6.03. The number of ether oxygens (including phenoxy) is 1. The Morgan fingerprint density at radius 1 is 1.21 bits per heavy atom. The molecule has 0 amide bonds. The third-order valence-electron chi connectivity index (χ3n) is 7.07. The van der Waals surface area contributed by atoms with Gasteiger partial charge in [0.05, 0.1) is 11.5 Å². The maximum absolute atomic E-state index is 6.51. The number of hydrogen-bond acceptors (Lipinski definition) is 6. The fraction of sp³-hybridized carbons (Fsp3) is 0.700. The molecule has 2 aromatic heterocycles. The van der Waals surface area contributed by atoms with Gasteiger partial charge in [-0.3, -0.25) is 4.90 Å². The van der Waals surface area contributed by atoms with Crippen LogP contribution in [-0.4, -0.2) is 69.2 Å². The number of aromatic nitrogens is 3. The third kappa shape index (κ3) is 3.14. The Morgan fingerprint density at radius 2 is 2.04 bits per heavy atom. The smallest absolute Gasteiger partial charge is 0.148 e. The van der Waals surface area contributed by atoms with Crippen molar-refractivity contribution in [1.82, 2.24) is 24.3 Å². The molecule has 152 valence electrons. The third-order valence-corrected chi connectivity index (χ3v) is 7.67. The van der Waals surface area contributed by atoms with Crippen LogP contribution in [0.5, 0.6) is 0 Å². The Labute approximate surface area is 174 Å². The highest BCUT2D eigenvalue weighted by molar-refractivity contribution is 9.10. The van der Waals surface area contributed by atoms with E-state index in [1.807, 2.05) is 6.20 Å². The first-order valence-corrected chi connectivity index (χ1v) is 11.2. The minimum Gasteiger partial charge on any atom is -0.383 e. The van der Waals surface area contributed by atoms with Crippen LogP contribution < -0.4 is 5.73 Å². The monoisotopic (exact) mass is 448 g/mol. The zero-order chi connectivity index (χ0) is 19.3. The molecule has 2 aromatic rings. The summed E-state index contributed by atoms with van der Waals surface area (Å²) in [7, 11) is 2.24. The molecule has 3 fully saturated rings. The number of anilines is 1. The summed E-state index contributed by atoms with van der Waals surface area (Å²) in [5.74, 6) is 0.506. The van der Waals surface area contributed by atoms with Crippen LogP contribution in [-0.2, 0) is 4.74 Å². The van der Waals surface area contributed by atoms with E-state index in [1.54, 1.807) is 0 Å². The zero-order valence-corrected chi connectivity index (χ0v) is 18.1. The lowest BCUT2D eigenvalue weighted by Gasteiger charge is -2.45. The quantitative estimate of drug-likeness (QED) is 0.777. The Balaban J connectivity index is 1.30. The van der Waals surface area contributed by atoms with Crippen LogP contribution >= 0.6 is 15.9 Å². The lowest BCUT2D eigenvalue weighted by molar-refractivity contribution is -0.0323. The highest BCUT2D eigenvalue weighted by Gasteiger charge is 2.44. The molecule has 0 radical (unpaired) electrons. The molecule has 7 nitrogen and oxygen atoms in total. The van der Waals surface area contributed by atoms with Crippen molar-refractivity contribution in [2.75, 3.05) is 39.0 Å². The number of halogens is 1. The minimum atomic E-state index is 0.0177.